The van der Waals surface area contributed by atoms with Gasteiger partial charge in [-0.1, -0.05) is 69.6 Å². The molecule has 25 heavy (non-hydrogen) atoms. The predicted molar refractivity (Wildman–Crippen MR) is 110 cm³/mol. The van der Waals surface area contributed by atoms with Crippen LogP contribution in [0.4, 0.5) is 0 Å². The highest BCUT2D eigenvalue weighted by molar-refractivity contribution is 6.36. The van der Waals surface area contributed by atoms with Crippen LogP contribution in [0.3, 0.4) is 0 Å². The van der Waals surface area contributed by atoms with Crippen LogP contribution in [-0.2, 0) is 0 Å². The predicted octanol–water partition coefficient (Wildman–Crippen LogP) is 8.79. The van der Waals surface area contributed by atoms with Gasteiger partial charge in [-0.3, -0.25) is 0 Å². The summed E-state index contributed by atoms with van der Waals surface area (Å²) in [6.07, 6.45) is 0. The Hall–Kier alpha value is -0.600. The lowest BCUT2D eigenvalue weighted by Gasteiger charge is -2.21. The molecule has 0 spiro atoms. The van der Waals surface area contributed by atoms with E-state index >= 15 is 0 Å². The maximum absolute atomic E-state index is 6.21. The van der Waals surface area contributed by atoms with Gasteiger partial charge in [-0.25, -0.2) is 0 Å². The number of halogens is 6. The molecule has 0 aliphatic heterocycles. The molecule has 0 saturated carbocycles. The fourth-order valence-corrected chi connectivity index (χ4v) is 4.43. The fourth-order valence-electron chi connectivity index (χ4n) is 2.80. The summed E-state index contributed by atoms with van der Waals surface area (Å²) in [4.78, 5) is 0. The Morgan fingerprint density at radius 2 is 0.560 bits per heavy atom. The van der Waals surface area contributed by atoms with Gasteiger partial charge in [0.1, 0.15) is 0 Å². The Bertz CT molecular complexity index is 752. The molecule has 0 fully saturated rings. The van der Waals surface area contributed by atoms with Crippen molar-refractivity contribution in [1.82, 2.24) is 0 Å². The molecule has 3 rings (SSSR count). The molecule has 6 heteroatoms. The van der Waals surface area contributed by atoms with Crippen LogP contribution in [0.2, 0.25) is 30.1 Å². The fraction of sp³-hybridized carbons (Fsp3) is 0.0526. The summed E-state index contributed by atoms with van der Waals surface area (Å²) in [7, 11) is 0. The van der Waals surface area contributed by atoms with E-state index in [9.17, 15) is 0 Å². The van der Waals surface area contributed by atoms with E-state index in [4.69, 9.17) is 69.6 Å². The van der Waals surface area contributed by atoms with Crippen LogP contribution in [0.1, 0.15) is 22.6 Å². The molecule has 128 valence electrons. The van der Waals surface area contributed by atoms with Gasteiger partial charge in [0.15, 0.2) is 0 Å². The van der Waals surface area contributed by atoms with E-state index in [0.717, 1.165) is 16.7 Å². The van der Waals surface area contributed by atoms with Crippen molar-refractivity contribution in [2.45, 2.75) is 5.92 Å². The van der Waals surface area contributed by atoms with E-state index < -0.39 is 0 Å². The van der Waals surface area contributed by atoms with Crippen molar-refractivity contribution >= 4 is 69.6 Å². The lowest BCUT2D eigenvalue weighted by molar-refractivity contribution is 0.978. The van der Waals surface area contributed by atoms with Crippen molar-refractivity contribution in [3.63, 3.8) is 0 Å². The minimum atomic E-state index is -0.233. The lowest BCUT2D eigenvalue weighted by Crippen LogP contribution is -2.04. The van der Waals surface area contributed by atoms with E-state index in [0.29, 0.717) is 30.1 Å². The molecule has 0 aliphatic carbocycles. The standard InChI is InChI=1S/C19H10Cl6/c20-13-1-10(2-14(21)7-13)19(11-3-15(22)8-16(23)4-11)12-5-17(24)9-18(25)6-12/h1-9,19H. The Kier molecular flexibility index (Phi) is 6.11. The van der Waals surface area contributed by atoms with Crippen molar-refractivity contribution in [3.8, 4) is 0 Å². The van der Waals surface area contributed by atoms with Gasteiger partial charge in [0.25, 0.3) is 0 Å². The monoisotopic (exact) mass is 448 g/mol. The molecule has 0 heterocycles. The number of rotatable bonds is 3. The minimum Gasteiger partial charge on any atom is -0.0843 e. The third-order valence-electron chi connectivity index (χ3n) is 3.65. The molecule has 0 unspecified atom stereocenters. The van der Waals surface area contributed by atoms with E-state index in [1.165, 1.54) is 0 Å². The molecule has 0 nitrogen and oxygen atoms in total. The van der Waals surface area contributed by atoms with Crippen LogP contribution in [0.25, 0.3) is 0 Å². The highest BCUT2D eigenvalue weighted by Gasteiger charge is 2.20. The van der Waals surface area contributed by atoms with E-state index in [1.807, 2.05) is 36.4 Å². The topological polar surface area (TPSA) is 0 Å². The minimum absolute atomic E-state index is 0.233. The zero-order valence-corrected chi connectivity index (χ0v) is 17.1. The second-order valence-corrected chi connectivity index (χ2v) is 8.16. The molecular formula is C19H10Cl6. The Balaban J connectivity index is 2.27. The Labute approximate surface area is 176 Å². The van der Waals surface area contributed by atoms with Crippen LogP contribution in [0, 0.1) is 0 Å². The van der Waals surface area contributed by atoms with Gasteiger partial charge in [0, 0.05) is 36.1 Å². The summed E-state index contributed by atoms with van der Waals surface area (Å²) >= 11 is 37.2. The van der Waals surface area contributed by atoms with Crippen LogP contribution >= 0.6 is 69.6 Å². The maximum Gasteiger partial charge on any atom is 0.0423 e. The number of hydrogen-bond donors (Lipinski definition) is 0. The number of benzene rings is 3. The summed E-state index contributed by atoms with van der Waals surface area (Å²) in [5.41, 5.74) is 2.65. The molecular weight excluding hydrogens is 441 g/mol. The molecule has 0 N–H and O–H groups in total. The smallest absolute Gasteiger partial charge is 0.0423 e. The maximum atomic E-state index is 6.21. The van der Waals surface area contributed by atoms with E-state index in [-0.39, 0.29) is 5.92 Å². The van der Waals surface area contributed by atoms with Crippen molar-refractivity contribution in [2.24, 2.45) is 0 Å². The van der Waals surface area contributed by atoms with E-state index in [2.05, 4.69) is 0 Å². The molecule has 0 saturated heterocycles. The largest absolute Gasteiger partial charge is 0.0843 e. The highest BCUT2D eigenvalue weighted by atomic mass is 35.5. The Morgan fingerprint density at radius 3 is 0.760 bits per heavy atom. The lowest BCUT2D eigenvalue weighted by atomic mass is 9.85. The van der Waals surface area contributed by atoms with Crippen LogP contribution < -0.4 is 0 Å². The molecule has 0 bridgehead atoms. The van der Waals surface area contributed by atoms with Gasteiger partial charge < -0.3 is 0 Å². The zero-order chi connectivity index (χ0) is 18.1. The molecule has 0 radical (unpaired) electrons. The molecule has 3 aromatic rings. The van der Waals surface area contributed by atoms with Crippen molar-refractivity contribution in [2.75, 3.05) is 0 Å². The first kappa shape index (κ1) is 19.2. The zero-order valence-electron chi connectivity index (χ0n) is 12.5. The van der Waals surface area contributed by atoms with Gasteiger partial charge >= 0.3 is 0 Å². The third-order valence-corrected chi connectivity index (χ3v) is 4.96. The SMILES string of the molecule is Clc1cc(Cl)cc(C(c2cc(Cl)cc(Cl)c2)c2cc(Cl)cc(Cl)c2)c1. The number of hydrogen-bond acceptors (Lipinski definition) is 0. The average molecular weight is 451 g/mol. The second kappa shape index (κ2) is 7.96. The summed E-state index contributed by atoms with van der Waals surface area (Å²) in [6, 6.07) is 16.1. The van der Waals surface area contributed by atoms with Gasteiger partial charge in [-0.15, -0.1) is 0 Å². The van der Waals surface area contributed by atoms with Gasteiger partial charge in [0.05, 0.1) is 0 Å². The molecule has 0 aliphatic rings. The molecule has 3 aromatic carbocycles. The average Bonchev–Trinajstić information content (AvgIpc) is 2.44. The van der Waals surface area contributed by atoms with Crippen molar-refractivity contribution in [1.29, 1.82) is 0 Å². The summed E-state index contributed by atoms with van der Waals surface area (Å²) in [5, 5.41) is 3.22. The quantitative estimate of drug-likeness (QED) is 0.350. The summed E-state index contributed by atoms with van der Waals surface area (Å²) in [6.45, 7) is 0. The summed E-state index contributed by atoms with van der Waals surface area (Å²) in [5.74, 6) is -0.233. The van der Waals surface area contributed by atoms with Crippen LogP contribution in [-0.4, -0.2) is 0 Å². The van der Waals surface area contributed by atoms with Crippen LogP contribution in [0.5, 0.6) is 0 Å². The van der Waals surface area contributed by atoms with Crippen molar-refractivity contribution in [3.05, 3.63) is 101 Å². The molecule has 0 atom stereocenters. The third kappa shape index (κ3) is 4.77. The summed E-state index contributed by atoms with van der Waals surface area (Å²) < 4.78 is 0. The molecule has 0 aromatic heterocycles. The van der Waals surface area contributed by atoms with E-state index in [1.54, 1.807) is 18.2 Å². The van der Waals surface area contributed by atoms with Gasteiger partial charge in [0.2, 0.25) is 0 Å². The normalized spacial score (nSPS) is 11.2. The Morgan fingerprint density at radius 1 is 0.360 bits per heavy atom. The van der Waals surface area contributed by atoms with Gasteiger partial charge in [-0.05, 0) is 71.3 Å². The second-order valence-electron chi connectivity index (χ2n) is 5.54. The first-order valence-electron chi connectivity index (χ1n) is 7.20. The van der Waals surface area contributed by atoms with Crippen LogP contribution in [0.15, 0.2) is 54.6 Å². The molecule has 0 amide bonds. The van der Waals surface area contributed by atoms with Crippen molar-refractivity contribution < 1.29 is 0 Å². The first-order chi connectivity index (χ1) is 11.8. The van der Waals surface area contributed by atoms with Gasteiger partial charge in [-0.2, -0.15) is 0 Å². The highest BCUT2D eigenvalue weighted by Crippen LogP contribution is 2.38. The first-order valence-corrected chi connectivity index (χ1v) is 9.46.